The van der Waals surface area contributed by atoms with Crippen molar-refractivity contribution in [1.29, 1.82) is 0 Å². The Kier molecular flexibility index (Phi) is 7.38. The fraction of sp³-hybridized carbons (Fsp3) is 0.500. The minimum Gasteiger partial charge on any atom is -0.313 e. The van der Waals surface area contributed by atoms with Gasteiger partial charge < -0.3 is 10.2 Å². The molecule has 0 amide bonds. The Hall–Kier alpha value is -1.12. The van der Waals surface area contributed by atoms with Crippen molar-refractivity contribution in [2.24, 2.45) is 0 Å². The van der Waals surface area contributed by atoms with Gasteiger partial charge in [0.25, 0.3) is 0 Å². The molecule has 1 aromatic rings. The molecule has 0 aliphatic carbocycles. The molecule has 0 heterocycles. The van der Waals surface area contributed by atoms with E-state index in [2.05, 4.69) is 61.1 Å². The largest absolute Gasteiger partial charge is 0.313 e. The van der Waals surface area contributed by atoms with Crippen LogP contribution in [0, 0.1) is 0 Å². The molecular weight excluding hydrogens is 220 g/mol. The minimum atomic E-state index is 0.957. The molecular formula is C16H26N2. The van der Waals surface area contributed by atoms with Gasteiger partial charge in [0.2, 0.25) is 0 Å². The van der Waals surface area contributed by atoms with E-state index in [9.17, 15) is 0 Å². The van der Waals surface area contributed by atoms with Crippen LogP contribution in [-0.2, 0) is 6.54 Å². The number of hydrogen-bond acceptors (Lipinski definition) is 2. The van der Waals surface area contributed by atoms with Crippen LogP contribution in [0.3, 0.4) is 0 Å². The maximum Gasteiger partial charge on any atom is 0.0230 e. The Morgan fingerprint density at radius 3 is 2.67 bits per heavy atom. The number of benzene rings is 1. The highest BCUT2D eigenvalue weighted by molar-refractivity contribution is 5.14. The number of nitrogens with zero attached hydrogens (tertiary/aromatic N) is 1. The highest BCUT2D eigenvalue weighted by atomic mass is 15.1. The molecule has 0 aliphatic rings. The second kappa shape index (κ2) is 8.90. The van der Waals surface area contributed by atoms with Crippen molar-refractivity contribution in [2.75, 3.05) is 26.7 Å². The first-order chi connectivity index (χ1) is 8.72. The molecule has 0 bridgehead atoms. The van der Waals surface area contributed by atoms with Gasteiger partial charge in [0.1, 0.15) is 0 Å². The van der Waals surface area contributed by atoms with E-state index < -0.39 is 0 Å². The predicted molar refractivity (Wildman–Crippen MR) is 79.7 cm³/mol. The van der Waals surface area contributed by atoms with Gasteiger partial charge >= 0.3 is 0 Å². The van der Waals surface area contributed by atoms with Crippen LogP contribution in [0.5, 0.6) is 0 Å². The molecule has 1 N–H and O–H groups in total. The van der Waals surface area contributed by atoms with E-state index >= 15 is 0 Å². The van der Waals surface area contributed by atoms with Crippen LogP contribution < -0.4 is 5.32 Å². The van der Waals surface area contributed by atoms with Gasteiger partial charge in [-0.25, -0.2) is 0 Å². The fourth-order valence-corrected chi connectivity index (χ4v) is 1.84. The van der Waals surface area contributed by atoms with Crippen LogP contribution in [-0.4, -0.2) is 31.6 Å². The monoisotopic (exact) mass is 246 g/mol. The van der Waals surface area contributed by atoms with Crippen molar-refractivity contribution >= 4 is 0 Å². The first kappa shape index (κ1) is 14.9. The number of nitrogens with one attached hydrogen (secondary N) is 1. The van der Waals surface area contributed by atoms with Crippen molar-refractivity contribution < 1.29 is 0 Å². The van der Waals surface area contributed by atoms with Crippen LogP contribution in [0.1, 0.15) is 25.3 Å². The predicted octanol–water partition coefficient (Wildman–Crippen LogP) is 3.06. The van der Waals surface area contributed by atoms with Gasteiger partial charge in [-0.05, 0) is 38.5 Å². The Labute approximate surface area is 112 Å². The standard InChI is InChI=1S/C16H26N2/c1-4-15(2)13-17-11-8-12-18(3)14-16-9-6-5-7-10-16/h5-7,9-10,17H,2,4,8,11-14H2,1,3H3. The molecule has 0 fully saturated rings. The summed E-state index contributed by atoms with van der Waals surface area (Å²) in [6.07, 6.45) is 2.25. The molecule has 0 radical (unpaired) electrons. The lowest BCUT2D eigenvalue weighted by Gasteiger charge is -2.16. The van der Waals surface area contributed by atoms with Gasteiger partial charge in [-0.15, -0.1) is 0 Å². The van der Waals surface area contributed by atoms with E-state index in [1.54, 1.807) is 0 Å². The van der Waals surface area contributed by atoms with Gasteiger partial charge in [-0.1, -0.05) is 49.4 Å². The Morgan fingerprint density at radius 2 is 2.00 bits per heavy atom. The van der Waals surface area contributed by atoms with E-state index in [0.29, 0.717) is 0 Å². The molecule has 1 aromatic carbocycles. The summed E-state index contributed by atoms with van der Waals surface area (Å²) in [4.78, 5) is 2.37. The highest BCUT2D eigenvalue weighted by Gasteiger charge is 1.99. The molecule has 2 nitrogen and oxygen atoms in total. The average Bonchev–Trinajstić information content (AvgIpc) is 2.39. The van der Waals surface area contributed by atoms with Gasteiger partial charge in [0, 0.05) is 13.1 Å². The number of hydrogen-bond donors (Lipinski definition) is 1. The quantitative estimate of drug-likeness (QED) is 0.532. The third-order valence-corrected chi connectivity index (χ3v) is 3.06. The van der Waals surface area contributed by atoms with E-state index in [4.69, 9.17) is 0 Å². The van der Waals surface area contributed by atoms with E-state index in [0.717, 1.165) is 32.6 Å². The molecule has 0 aromatic heterocycles. The average molecular weight is 246 g/mol. The molecule has 2 heteroatoms. The summed E-state index contributed by atoms with van der Waals surface area (Å²) < 4.78 is 0. The summed E-state index contributed by atoms with van der Waals surface area (Å²) in [5.41, 5.74) is 2.67. The van der Waals surface area contributed by atoms with Gasteiger partial charge in [-0.2, -0.15) is 0 Å². The molecule has 0 spiro atoms. The summed E-state index contributed by atoms with van der Waals surface area (Å²) in [6.45, 7) is 10.3. The van der Waals surface area contributed by atoms with Crippen LogP contribution in [0.2, 0.25) is 0 Å². The summed E-state index contributed by atoms with van der Waals surface area (Å²) in [6, 6.07) is 10.6. The fourth-order valence-electron chi connectivity index (χ4n) is 1.84. The third kappa shape index (κ3) is 6.58. The van der Waals surface area contributed by atoms with Crippen molar-refractivity contribution in [3.63, 3.8) is 0 Å². The molecule has 18 heavy (non-hydrogen) atoms. The van der Waals surface area contributed by atoms with Crippen molar-refractivity contribution in [1.82, 2.24) is 10.2 Å². The van der Waals surface area contributed by atoms with Gasteiger partial charge in [-0.3, -0.25) is 0 Å². The summed E-state index contributed by atoms with van der Waals surface area (Å²) >= 11 is 0. The first-order valence-electron chi connectivity index (χ1n) is 6.82. The van der Waals surface area contributed by atoms with E-state index in [-0.39, 0.29) is 0 Å². The molecule has 0 saturated heterocycles. The maximum absolute atomic E-state index is 3.99. The maximum atomic E-state index is 3.99. The first-order valence-corrected chi connectivity index (χ1v) is 6.82. The summed E-state index contributed by atoms with van der Waals surface area (Å²) in [5, 5.41) is 3.43. The SMILES string of the molecule is C=C(CC)CNCCCN(C)Cc1ccccc1. The topological polar surface area (TPSA) is 15.3 Å². The zero-order valence-electron chi connectivity index (χ0n) is 11.8. The molecule has 0 aliphatic heterocycles. The second-order valence-corrected chi connectivity index (χ2v) is 4.86. The van der Waals surface area contributed by atoms with Crippen molar-refractivity contribution in [3.8, 4) is 0 Å². The molecule has 1 rings (SSSR count). The third-order valence-electron chi connectivity index (χ3n) is 3.06. The molecule has 0 unspecified atom stereocenters. The summed E-state index contributed by atoms with van der Waals surface area (Å²) in [7, 11) is 2.18. The minimum absolute atomic E-state index is 0.957. The Balaban J connectivity index is 2.07. The normalized spacial score (nSPS) is 10.8. The molecule has 0 atom stereocenters. The van der Waals surface area contributed by atoms with Crippen molar-refractivity contribution in [2.45, 2.75) is 26.3 Å². The van der Waals surface area contributed by atoms with Crippen LogP contribution in [0.4, 0.5) is 0 Å². The lowest BCUT2D eigenvalue weighted by molar-refractivity contribution is 0.320. The zero-order valence-corrected chi connectivity index (χ0v) is 11.8. The second-order valence-electron chi connectivity index (χ2n) is 4.86. The number of rotatable bonds is 9. The van der Waals surface area contributed by atoms with E-state index in [1.807, 2.05) is 0 Å². The molecule has 100 valence electrons. The molecule has 0 saturated carbocycles. The van der Waals surface area contributed by atoms with Crippen LogP contribution in [0.25, 0.3) is 0 Å². The smallest absolute Gasteiger partial charge is 0.0230 e. The Bertz CT molecular complexity index is 332. The Morgan fingerprint density at radius 1 is 1.28 bits per heavy atom. The lowest BCUT2D eigenvalue weighted by Crippen LogP contribution is -2.24. The van der Waals surface area contributed by atoms with Gasteiger partial charge in [0.15, 0.2) is 0 Å². The van der Waals surface area contributed by atoms with Crippen LogP contribution >= 0.6 is 0 Å². The summed E-state index contributed by atoms with van der Waals surface area (Å²) in [5.74, 6) is 0. The van der Waals surface area contributed by atoms with Crippen LogP contribution in [0.15, 0.2) is 42.5 Å². The lowest BCUT2D eigenvalue weighted by atomic mass is 10.2. The van der Waals surface area contributed by atoms with Crippen molar-refractivity contribution in [3.05, 3.63) is 48.0 Å². The van der Waals surface area contributed by atoms with E-state index in [1.165, 1.54) is 17.6 Å². The van der Waals surface area contributed by atoms with Gasteiger partial charge in [0.05, 0.1) is 0 Å². The highest BCUT2D eigenvalue weighted by Crippen LogP contribution is 2.02. The zero-order chi connectivity index (χ0) is 13.2.